The van der Waals surface area contributed by atoms with Gasteiger partial charge in [-0.05, 0) is 24.3 Å². The van der Waals surface area contributed by atoms with Crippen LogP contribution in [-0.2, 0) is 6.54 Å². The Bertz CT molecular complexity index is 637. The number of carbonyl (C=O) groups excluding carboxylic acids is 1. The molecular formula is C14H14N2O3S. The predicted octanol–water partition coefficient (Wildman–Crippen LogP) is 2.42. The molecule has 3 N–H and O–H groups in total. The summed E-state index contributed by atoms with van der Waals surface area (Å²) in [6, 6.07) is 8.78. The zero-order chi connectivity index (χ0) is 14.5. The van der Waals surface area contributed by atoms with Gasteiger partial charge in [0.15, 0.2) is 0 Å². The first-order valence-corrected chi connectivity index (χ1v) is 6.85. The molecule has 0 spiro atoms. The van der Waals surface area contributed by atoms with Crippen molar-refractivity contribution in [3.63, 3.8) is 0 Å². The van der Waals surface area contributed by atoms with Gasteiger partial charge in [0.2, 0.25) is 0 Å². The fourth-order valence-corrected chi connectivity index (χ4v) is 2.49. The van der Waals surface area contributed by atoms with Crippen LogP contribution in [0.3, 0.4) is 0 Å². The van der Waals surface area contributed by atoms with E-state index in [0.717, 1.165) is 10.6 Å². The summed E-state index contributed by atoms with van der Waals surface area (Å²) in [5.41, 5.74) is 1.69. The second-order valence-corrected chi connectivity index (χ2v) is 5.12. The van der Waals surface area contributed by atoms with Crippen LogP contribution in [0.2, 0.25) is 0 Å². The molecular weight excluding hydrogens is 276 g/mol. The van der Waals surface area contributed by atoms with Gasteiger partial charge in [-0.2, -0.15) is 0 Å². The first-order valence-electron chi connectivity index (χ1n) is 5.97. The van der Waals surface area contributed by atoms with Crippen molar-refractivity contribution in [1.82, 2.24) is 5.32 Å². The first-order chi connectivity index (χ1) is 9.60. The topological polar surface area (TPSA) is 78.4 Å². The summed E-state index contributed by atoms with van der Waals surface area (Å²) in [5, 5.41) is 16.2. The monoisotopic (exact) mass is 290 g/mol. The van der Waals surface area contributed by atoms with Crippen LogP contribution >= 0.6 is 11.3 Å². The molecule has 0 unspecified atom stereocenters. The molecule has 0 saturated carbocycles. The minimum atomic E-state index is -0.922. The number of benzene rings is 1. The quantitative estimate of drug-likeness (QED) is 0.790. The van der Waals surface area contributed by atoms with Gasteiger partial charge in [0, 0.05) is 35.1 Å². The third-order valence-electron chi connectivity index (χ3n) is 2.72. The van der Waals surface area contributed by atoms with E-state index in [9.17, 15) is 9.59 Å². The number of aromatic carboxylic acids is 1. The van der Waals surface area contributed by atoms with Crippen LogP contribution in [0.15, 0.2) is 35.7 Å². The molecule has 1 aromatic carbocycles. The molecule has 1 heterocycles. The van der Waals surface area contributed by atoms with Gasteiger partial charge in [0.05, 0.1) is 5.56 Å². The SMILES string of the molecule is CNC(=O)c1cccc(NCc2cc(C(=O)O)cs2)c1. The Morgan fingerprint density at radius 1 is 1.25 bits per heavy atom. The van der Waals surface area contributed by atoms with Gasteiger partial charge in [-0.1, -0.05) is 6.07 Å². The van der Waals surface area contributed by atoms with Crippen LogP contribution in [0.25, 0.3) is 0 Å². The summed E-state index contributed by atoms with van der Waals surface area (Å²) in [7, 11) is 1.58. The Labute approximate surface area is 120 Å². The van der Waals surface area contributed by atoms with Crippen LogP contribution in [0.1, 0.15) is 25.6 Å². The summed E-state index contributed by atoms with van der Waals surface area (Å²) in [5.74, 6) is -1.06. The van der Waals surface area contributed by atoms with Crippen molar-refractivity contribution in [3.05, 3.63) is 51.7 Å². The molecule has 0 fully saturated rings. The molecule has 0 bridgehead atoms. The van der Waals surface area contributed by atoms with Crippen LogP contribution in [-0.4, -0.2) is 24.0 Å². The Balaban J connectivity index is 2.03. The molecule has 20 heavy (non-hydrogen) atoms. The molecule has 5 nitrogen and oxygen atoms in total. The Kier molecular flexibility index (Phi) is 4.37. The molecule has 1 aromatic heterocycles. The van der Waals surface area contributed by atoms with Crippen molar-refractivity contribution >= 4 is 28.9 Å². The molecule has 0 atom stereocenters. The summed E-state index contributed by atoms with van der Waals surface area (Å²) in [6.07, 6.45) is 0. The number of carboxylic acid groups (broad SMARTS) is 1. The normalized spacial score (nSPS) is 10.1. The Morgan fingerprint density at radius 2 is 2.05 bits per heavy atom. The molecule has 1 amide bonds. The number of amides is 1. The highest BCUT2D eigenvalue weighted by molar-refractivity contribution is 7.10. The van der Waals surface area contributed by atoms with Gasteiger partial charge < -0.3 is 15.7 Å². The second-order valence-electron chi connectivity index (χ2n) is 4.12. The average Bonchev–Trinajstić information content (AvgIpc) is 2.93. The molecule has 0 saturated heterocycles. The summed E-state index contributed by atoms with van der Waals surface area (Å²) < 4.78 is 0. The number of rotatable bonds is 5. The van der Waals surface area contributed by atoms with E-state index in [4.69, 9.17) is 5.11 Å². The molecule has 0 aliphatic carbocycles. The third kappa shape index (κ3) is 3.36. The lowest BCUT2D eigenvalue weighted by atomic mass is 10.2. The van der Waals surface area contributed by atoms with Crippen molar-refractivity contribution in [1.29, 1.82) is 0 Å². The number of carbonyl (C=O) groups is 2. The van der Waals surface area contributed by atoms with E-state index in [1.807, 2.05) is 6.07 Å². The zero-order valence-corrected chi connectivity index (χ0v) is 11.7. The maximum absolute atomic E-state index is 11.5. The summed E-state index contributed by atoms with van der Waals surface area (Å²) in [6.45, 7) is 0.523. The lowest BCUT2D eigenvalue weighted by Crippen LogP contribution is -2.17. The second kappa shape index (κ2) is 6.21. The zero-order valence-electron chi connectivity index (χ0n) is 10.8. The predicted molar refractivity (Wildman–Crippen MR) is 78.4 cm³/mol. The molecule has 2 aromatic rings. The molecule has 0 aliphatic heterocycles. The Hall–Kier alpha value is -2.34. The van der Waals surface area contributed by atoms with E-state index < -0.39 is 5.97 Å². The van der Waals surface area contributed by atoms with Crippen molar-refractivity contribution in [2.75, 3.05) is 12.4 Å². The molecule has 0 aliphatic rings. The van der Waals surface area contributed by atoms with Gasteiger partial charge in [0.1, 0.15) is 0 Å². The van der Waals surface area contributed by atoms with Gasteiger partial charge in [0.25, 0.3) is 5.91 Å². The maximum atomic E-state index is 11.5. The number of carboxylic acids is 1. The van der Waals surface area contributed by atoms with Crippen molar-refractivity contribution < 1.29 is 14.7 Å². The number of thiophene rings is 1. The number of nitrogens with one attached hydrogen (secondary N) is 2. The first kappa shape index (κ1) is 14.1. The summed E-state index contributed by atoms with van der Waals surface area (Å²) >= 11 is 1.39. The average molecular weight is 290 g/mol. The van der Waals surface area contributed by atoms with Gasteiger partial charge >= 0.3 is 5.97 Å². The standard InChI is InChI=1S/C14H14N2O3S/c1-15-13(17)9-3-2-4-11(5-9)16-7-12-6-10(8-20-12)14(18)19/h2-6,8,16H,7H2,1H3,(H,15,17)(H,18,19). The van der Waals surface area contributed by atoms with Gasteiger partial charge in [-0.3, -0.25) is 4.79 Å². The van der Waals surface area contributed by atoms with E-state index in [2.05, 4.69) is 10.6 Å². The number of hydrogen-bond donors (Lipinski definition) is 3. The highest BCUT2D eigenvalue weighted by Crippen LogP contribution is 2.17. The minimum Gasteiger partial charge on any atom is -0.478 e. The smallest absolute Gasteiger partial charge is 0.336 e. The van der Waals surface area contributed by atoms with Crippen LogP contribution in [0.4, 0.5) is 5.69 Å². The highest BCUT2D eigenvalue weighted by atomic mass is 32.1. The lowest BCUT2D eigenvalue weighted by molar-refractivity contribution is 0.0697. The van der Waals surface area contributed by atoms with Crippen molar-refractivity contribution in [2.24, 2.45) is 0 Å². The summed E-state index contributed by atoms with van der Waals surface area (Å²) in [4.78, 5) is 23.2. The lowest BCUT2D eigenvalue weighted by Gasteiger charge is -2.06. The van der Waals surface area contributed by atoms with Gasteiger partial charge in [-0.25, -0.2) is 4.79 Å². The third-order valence-corrected chi connectivity index (χ3v) is 3.66. The molecule has 2 rings (SSSR count). The Morgan fingerprint density at radius 3 is 2.70 bits per heavy atom. The molecule has 6 heteroatoms. The van der Waals surface area contributed by atoms with Gasteiger partial charge in [-0.15, -0.1) is 11.3 Å². The van der Waals surface area contributed by atoms with E-state index >= 15 is 0 Å². The van der Waals surface area contributed by atoms with Crippen LogP contribution in [0, 0.1) is 0 Å². The van der Waals surface area contributed by atoms with E-state index in [-0.39, 0.29) is 5.91 Å². The largest absolute Gasteiger partial charge is 0.478 e. The van der Waals surface area contributed by atoms with E-state index in [0.29, 0.717) is 17.7 Å². The highest BCUT2D eigenvalue weighted by Gasteiger charge is 2.07. The van der Waals surface area contributed by atoms with E-state index in [1.165, 1.54) is 11.3 Å². The fourth-order valence-electron chi connectivity index (χ4n) is 1.69. The van der Waals surface area contributed by atoms with Crippen molar-refractivity contribution in [3.8, 4) is 0 Å². The van der Waals surface area contributed by atoms with Crippen molar-refractivity contribution in [2.45, 2.75) is 6.54 Å². The van der Waals surface area contributed by atoms with Crippen LogP contribution < -0.4 is 10.6 Å². The number of hydrogen-bond acceptors (Lipinski definition) is 4. The fraction of sp³-hybridized carbons (Fsp3) is 0.143. The minimum absolute atomic E-state index is 0.141. The maximum Gasteiger partial charge on any atom is 0.336 e. The van der Waals surface area contributed by atoms with E-state index in [1.54, 1.807) is 36.7 Å². The molecule has 104 valence electrons. The molecule has 0 radical (unpaired) electrons. The number of anilines is 1. The van der Waals surface area contributed by atoms with Crippen LogP contribution in [0.5, 0.6) is 0 Å².